The predicted octanol–water partition coefficient (Wildman–Crippen LogP) is 4.29. The Hall–Kier alpha value is -2.46. The molecule has 5 heteroatoms. The van der Waals surface area contributed by atoms with Gasteiger partial charge in [-0.3, -0.25) is 4.90 Å². The standard InChI is InChI=1S/C19H15ClN2O2/c20-12-5-3-4-11(8-12)18-17-15(9-13-10-24-19(23)22(13)18)14-6-1-2-7-16(14)21-17/h1-8,13,18,21H,9-10H2. The van der Waals surface area contributed by atoms with Gasteiger partial charge in [0.1, 0.15) is 12.6 Å². The number of para-hydroxylation sites is 1. The average molecular weight is 339 g/mol. The summed E-state index contributed by atoms with van der Waals surface area (Å²) in [6.45, 7) is 0.439. The topological polar surface area (TPSA) is 45.3 Å². The minimum atomic E-state index is -0.255. The van der Waals surface area contributed by atoms with Gasteiger partial charge in [0.05, 0.1) is 6.04 Å². The van der Waals surface area contributed by atoms with E-state index in [9.17, 15) is 4.79 Å². The van der Waals surface area contributed by atoms with Crippen LogP contribution in [0, 0.1) is 0 Å². The van der Waals surface area contributed by atoms with E-state index >= 15 is 0 Å². The lowest BCUT2D eigenvalue weighted by Crippen LogP contribution is -2.42. The van der Waals surface area contributed by atoms with Crippen LogP contribution in [0.3, 0.4) is 0 Å². The Kier molecular flexibility index (Phi) is 2.91. The van der Waals surface area contributed by atoms with Gasteiger partial charge in [-0.2, -0.15) is 0 Å². The summed E-state index contributed by atoms with van der Waals surface area (Å²) in [7, 11) is 0. The van der Waals surface area contributed by atoms with E-state index < -0.39 is 0 Å². The van der Waals surface area contributed by atoms with Crippen molar-refractivity contribution in [1.82, 2.24) is 9.88 Å². The van der Waals surface area contributed by atoms with E-state index in [0.29, 0.717) is 11.6 Å². The summed E-state index contributed by atoms with van der Waals surface area (Å²) in [6.07, 6.45) is 0.552. The van der Waals surface area contributed by atoms with Gasteiger partial charge in [-0.15, -0.1) is 0 Å². The number of aromatic nitrogens is 1. The molecular formula is C19H15ClN2O2. The first kappa shape index (κ1) is 13.9. The van der Waals surface area contributed by atoms with Gasteiger partial charge in [-0.25, -0.2) is 4.79 Å². The molecule has 0 saturated carbocycles. The molecule has 0 radical (unpaired) electrons. The number of benzene rings is 2. The zero-order chi connectivity index (χ0) is 16.3. The van der Waals surface area contributed by atoms with Gasteiger partial charge >= 0.3 is 6.09 Å². The number of amides is 1. The number of nitrogens with one attached hydrogen (secondary N) is 1. The van der Waals surface area contributed by atoms with Crippen LogP contribution in [0.25, 0.3) is 10.9 Å². The zero-order valence-electron chi connectivity index (χ0n) is 12.8. The van der Waals surface area contributed by atoms with Crippen molar-refractivity contribution in [3.05, 3.63) is 70.4 Å². The highest BCUT2D eigenvalue weighted by atomic mass is 35.5. The maximum atomic E-state index is 12.4. The van der Waals surface area contributed by atoms with Crippen LogP contribution in [0.1, 0.15) is 22.9 Å². The van der Waals surface area contributed by atoms with Crippen LogP contribution in [-0.4, -0.2) is 28.6 Å². The molecule has 3 aromatic rings. The molecule has 1 saturated heterocycles. The lowest BCUT2D eigenvalue weighted by atomic mass is 9.89. The van der Waals surface area contributed by atoms with Crippen molar-refractivity contribution in [3.63, 3.8) is 0 Å². The smallest absolute Gasteiger partial charge is 0.411 e. The fourth-order valence-corrected chi connectivity index (χ4v) is 4.20. The van der Waals surface area contributed by atoms with Crippen molar-refractivity contribution in [2.75, 3.05) is 6.61 Å². The van der Waals surface area contributed by atoms with E-state index in [4.69, 9.17) is 16.3 Å². The highest BCUT2D eigenvalue weighted by molar-refractivity contribution is 6.30. The number of hydrogen-bond donors (Lipinski definition) is 1. The van der Waals surface area contributed by atoms with Gasteiger partial charge in [0.2, 0.25) is 0 Å². The molecule has 0 bridgehead atoms. The number of ether oxygens (including phenoxy) is 1. The van der Waals surface area contributed by atoms with E-state index in [1.165, 1.54) is 10.9 Å². The molecular weight excluding hydrogens is 324 g/mol. The summed E-state index contributed by atoms with van der Waals surface area (Å²) in [6, 6.07) is 15.9. The molecule has 5 rings (SSSR count). The van der Waals surface area contributed by atoms with E-state index in [1.807, 2.05) is 41.3 Å². The first-order valence-corrected chi connectivity index (χ1v) is 8.40. The normalized spacial score (nSPS) is 22.4. The second-order valence-corrected chi connectivity index (χ2v) is 6.80. The van der Waals surface area contributed by atoms with E-state index in [0.717, 1.165) is 23.2 Å². The van der Waals surface area contributed by atoms with Gasteiger partial charge in [-0.1, -0.05) is 41.9 Å². The molecule has 2 aliphatic rings. The number of carbonyl (C=O) groups is 1. The summed E-state index contributed by atoms with van der Waals surface area (Å²) in [5.74, 6) is 0. The Morgan fingerprint density at radius 3 is 2.92 bits per heavy atom. The average Bonchev–Trinajstić information content (AvgIpc) is 3.14. The molecule has 24 heavy (non-hydrogen) atoms. The van der Waals surface area contributed by atoms with Crippen LogP contribution in [-0.2, 0) is 11.2 Å². The van der Waals surface area contributed by atoms with E-state index in [1.54, 1.807) is 0 Å². The van der Waals surface area contributed by atoms with Gasteiger partial charge in [-0.05, 0) is 35.7 Å². The highest BCUT2D eigenvalue weighted by Gasteiger charge is 2.45. The summed E-state index contributed by atoms with van der Waals surface area (Å²) in [5, 5.41) is 1.89. The third-order valence-corrected chi connectivity index (χ3v) is 5.24. The number of carbonyl (C=O) groups excluding carboxylic acids is 1. The number of H-pyrrole nitrogens is 1. The van der Waals surface area contributed by atoms with Gasteiger partial charge in [0.25, 0.3) is 0 Å². The Morgan fingerprint density at radius 2 is 2.04 bits per heavy atom. The third-order valence-electron chi connectivity index (χ3n) is 5.01. The molecule has 0 aliphatic carbocycles. The van der Waals surface area contributed by atoms with Crippen molar-refractivity contribution in [2.24, 2.45) is 0 Å². The van der Waals surface area contributed by atoms with Crippen LogP contribution in [0.5, 0.6) is 0 Å². The van der Waals surface area contributed by atoms with Crippen molar-refractivity contribution in [2.45, 2.75) is 18.5 Å². The quantitative estimate of drug-likeness (QED) is 0.719. The highest BCUT2D eigenvalue weighted by Crippen LogP contribution is 2.43. The minimum absolute atomic E-state index is 0.0631. The van der Waals surface area contributed by atoms with Crippen molar-refractivity contribution < 1.29 is 9.53 Å². The number of rotatable bonds is 1. The number of aromatic amines is 1. The molecule has 120 valence electrons. The molecule has 3 heterocycles. The number of hydrogen-bond acceptors (Lipinski definition) is 2. The molecule has 2 aliphatic heterocycles. The Morgan fingerprint density at radius 1 is 1.17 bits per heavy atom. The van der Waals surface area contributed by atoms with Crippen molar-refractivity contribution in [3.8, 4) is 0 Å². The first-order chi connectivity index (χ1) is 11.7. The minimum Gasteiger partial charge on any atom is -0.447 e. The lowest BCUT2D eigenvalue weighted by molar-refractivity contribution is 0.147. The fourth-order valence-electron chi connectivity index (χ4n) is 4.00. The molecule has 2 atom stereocenters. The maximum Gasteiger partial charge on any atom is 0.411 e. The monoisotopic (exact) mass is 338 g/mol. The van der Waals surface area contributed by atoms with Gasteiger partial charge < -0.3 is 9.72 Å². The van der Waals surface area contributed by atoms with Crippen LogP contribution >= 0.6 is 11.6 Å². The van der Waals surface area contributed by atoms with Crippen LogP contribution < -0.4 is 0 Å². The van der Waals surface area contributed by atoms with Crippen molar-refractivity contribution in [1.29, 1.82) is 0 Å². The molecule has 1 aromatic heterocycles. The van der Waals surface area contributed by atoms with E-state index in [2.05, 4.69) is 17.1 Å². The number of halogens is 1. The molecule has 4 nitrogen and oxygen atoms in total. The Bertz CT molecular complexity index is 965. The SMILES string of the molecule is O=C1OCC2Cc3c([nH]c4ccccc34)C(c3cccc(Cl)c3)N12. The Labute approximate surface area is 144 Å². The third kappa shape index (κ3) is 1.89. The lowest BCUT2D eigenvalue weighted by Gasteiger charge is -2.35. The maximum absolute atomic E-state index is 12.4. The number of fused-ring (bicyclic) bond motifs is 4. The van der Waals surface area contributed by atoms with Gasteiger partial charge in [0, 0.05) is 21.6 Å². The van der Waals surface area contributed by atoms with Crippen molar-refractivity contribution >= 4 is 28.6 Å². The first-order valence-electron chi connectivity index (χ1n) is 8.02. The summed E-state index contributed by atoms with van der Waals surface area (Å²) in [4.78, 5) is 17.7. The summed E-state index contributed by atoms with van der Waals surface area (Å²) in [5.41, 5.74) is 4.44. The number of nitrogens with zero attached hydrogens (tertiary/aromatic N) is 1. The largest absolute Gasteiger partial charge is 0.447 e. The second kappa shape index (κ2) is 5.02. The summed E-state index contributed by atoms with van der Waals surface area (Å²) < 4.78 is 5.33. The molecule has 0 spiro atoms. The Balaban J connectivity index is 1.77. The number of cyclic esters (lactones) is 1. The van der Waals surface area contributed by atoms with Crippen LogP contribution in [0.4, 0.5) is 4.79 Å². The molecule has 1 amide bonds. The molecule has 1 fully saturated rings. The molecule has 2 aromatic carbocycles. The van der Waals surface area contributed by atoms with Gasteiger partial charge in [0.15, 0.2) is 0 Å². The molecule has 1 N–H and O–H groups in total. The summed E-state index contributed by atoms with van der Waals surface area (Å²) >= 11 is 6.20. The van der Waals surface area contributed by atoms with Crippen LogP contribution in [0.15, 0.2) is 48.5 Å². The zero-order valence-corrected chi connectivity index (χ0v) is 13.6. The van der Waals surface area contributed by atoms with E-state index in [-0.39, 0.29) is 18.2 Å². The van der Waals surface area contributed by atoms with Crippen LogP contribution in [0.2, 0.25) is 5.02 Å². The fraction of sp³-hybridized carbons (Fsp3) is 0.211. The second-order valence-electron chi connectivity index (χ2n) is 6.36. The molecule has 2 unspecified atom stereocenters. The predicted molar refractivity (Wildman–Crippen MR) is 92.3 cm³/mol.